The number of thiocarbonyl (C=S) groups is 1. The number of amides is 1. The lowest BCUT2D eigenvalue weighted by Gasteiger charge is -2.39. The second-order valence-electron chi connectivity index (χ2n) is 5.68. The lowest BCUT2D eigenvalue weighted by Crippen LogP contribution is -2.58. The lowest BCUT2D eigenvalue weighted by molar-refractivity contribution is 0.0902. The van der Waals surface area contributed by atoms with Crippen LogP contribution < -0.4 is 11.1 Å². The number of hydrogen-bond donors (Lipinski definition) is 2. The lowest BCUT2D eigenvalue weighted by atomic mass is 9.75. The summed E-state index contributed by atoms with van der Waals surface area (Å²) in [6, 6.07) is 1.96. The van der Waals surface area contributed by atoms with Crippen LogP contribution in [0.5, 0.6) is 0 Å². The highest BCUT2D eigenvalue weighted by molar-refractivity contribution is 7.80. The maximum atomic E-state index is 12.4. The molecule has 1 fully saturated rings. The number of aryl methyl sites for hydroxylation is 1. The van der Waals surface area contributed by atoms with Crippen LogP contribution in [0.3, 0.4) is 0 Å². The first-order chi connectivity index (χ1) is 9.48. The Morgan fingerprint density at radius 2 is 2.20 bits per heavy atom. The molecule has 3 N–H and O–H groups in total. The zero-order valence-corrected chi connectivity index (χ0v) is 13.7. The Bertz CT molecular complexity index is 502. The molecule has 0 unspecified atom stereocenters. The van der Waals surface area contributed by atoms with Crippen LogP contribution in [0, 0.1) is 12.8 Å². The number of thiophene rings is 1. The van der Waals surface area contributed by atoms with Gasteiger partial charge in [-0.3, -0.25) is 4.79 Å². The first-order valence-corrected chi connectivity index (χ1v) is 8.44. The summed E-state index contributed by atoms with van der Waals surface area (Å²) >= 11 is 6.72. The highest BCUT2D eigenvalue weighted by Crippen LogP contribution is 2.34. The van der Waals surface area contributed by atoms with E-state index in [1.165, 1.54) is 17.8 Å². The number of carbonyl (C=O) groups is 1. The molecule has 1 aliphatic carbocycles. The van der Waals surface area contributed by atoms with Gasteiger partial charge in [-0.05, 0) is 55.5 Å². The van der Waals surface area contributed by atoms with Crippen molar-refractivity contribution in [2.45, 2.75) is 51.5 Å². The smallest absolute Gasteiger partial charge is 0.262 e. The summed E-state index contributed by atoms with van der Waals surface area (Å²) in [5.41, 5.74) is 6.46. The van der Waals surface area contributed by atoms with Gasteiger partial charge in [-0.25, -0.2) is 0 Å². The number of carbonyl (C=O) groups excluding carboxylic acids is 1. The third-order valence-corrected chi connectivity index (χ3v) is 5.83. The Kier molecular flexibility index (Phi) is 4.81. The molecule has 1 aliphatic rings. The standard InChI is InChI=1S/C15H22N2OS2/c1-3-11-4-7-15(8-5-11,14(16)19)17-13(18)12-10(2)6-9-20-12/h6,9,11H,3-5,7-8H2,1-2H3,(H2,16,19)(H,17,18). The van der Waals surface area contributed by atoms with Gasteiger partial charge in [0.2, 0.25) is 0 Å². The van der Waals surface area contributed by atoms with Crippen molar-refractivity contribution < 1.29 is 4.79 Å². The second-order valence-corrected chi connectivity index (χ2v) is 7.04. The van der Waals surface area contributed by atoms with Gasteiger partial charge in [-0.15, -0.1) is 11.3 Å². The Balaban J connectivity index is 2.13. The van der Waals surface area contributed by atoms with Crippen LogP contribution >= 0.6 is 23.6 Å². The van der Waals surface area contributed by atoms with Crippen molar-refractivity contribution >= 4 is 34.5 Å². The zero-order chi connectivity index (χ0) is 14.8. The molecular weight excluding hydrogens is 288 g/mol. The van der Waals surface area contributed by atoms with Gasteiger partial charge in [0.25, 0.3) is 5.91 Å². The largest absolute Gasteiger partial charge is 0.391 e. The SMILES string of the molecule is CCC1CCC(NC(=O)c2sccc2C)(C(N)=S)CC1. The summed E-state index contributed by atoms with van der Waals surface area (Å²) < 4.78 is 0. The summed E-state index contributed by atoms with van der Waals surface area (Å²) in [6.07, 6.45) is 5.06. The fourth-order valence-electron chi connectivity index (χ4n) is 2.89. The molecular formula is C15H22N2OS2. The van der Waals surface area contributed by atoms with Gasteiger partial charge in [0.1, 0.15) is 0 Å². The molecule has 0 aliphatic heterocycles. The van der Waals surface area contributed by atoms with E-state index >= 15 is 0 Å². The summed E-state index contributed by atoms with van der Waals surface area (Å²) in [6.45, 7) is 4.17. The minimum absolute atomic E-state index is 0.0414. The van der Waals surface area contributed by atoms with E-state index in [2.05, 4.69) is 12.2 Å². The minimum Gasteiger partial charge on any atom is -0.391 e. The maximum absolute atomic E-state index is 12.4. The summed E-state index contributed by atoms with van der Waals surface area (Å²) in [4.78, 5) is 13.6. The third-order valence-electron chi connectivity index (χ3n) is 4.43. The van der Waals surface area contributed by atoms with Crippen LogP contribution in [-0.2, 0) is 0 Å². The molecule has 0 radical (unpaired) electrons. The molecule has 0 bridgehead atoms. The van der Waals surface area contributed by atoms with Crippen molar-refractivity contribution in [1.29, 1.82) is 0 Å². The van der Waals surface area contributed by atoms with E-state index < -0.39 is 5.54 Å². The molecule has 1 heterocycles. The van der Waals surface area contributed by atoms with Crippen LogP contribution in [0.2, 0.25) is 0 Å². The average Bonchev–Trinajstić information content (AvgIpc) is 2.85. The highest BCUT2D eigenvalue weighted by atomic mass is 32.1. The Morgan fingerprint density at radius 1 is 1.55 bits per heavy atom. The molecule has 0 aromatic carbocycles. The van der Waals surface area contributed by atoms with E-state index in [1.807, 2.05) is 18.4 Å². The summed E-state index contributed by atoms with van der Waals surface area (Å²) in [5, 5.41) is 5.06. The second kappa shape index (κ2) is 6.22. The fourth-order valence-corrected chi connectivity index (χ4v) is 3.97. The molecule has 5 heteroatoms. The molecule has 0 spiro atoms. The van der Waals surface area contributed by atoms with E-state index in [-0.39, 0.29) is 5.91 Å². The molecule has 110 valence electrons. The predicted octanol–water partition coefficient (Wildman–Crippen LogP) is 3.41. The van der Waals surface area contributed by atoms with Crippen LogP contribution in [-0.4, -0.2) is 16.4 Å². The molecule has 1 aromatic heterocycles. The van der Waals surface area contributed by atoms with Gasteiger partial charge < -0.3 is 11.1 Å². The first-order valence-electron chi connectivity index (χ1n) is 7.15. The summed E-state index contributed by atoms with van der Waals surface area (Å²) in [5.74, 6) is 0.693. The molecule has 0 atom stereocenters. The van der Waals surface area contributed by atoms with Crippen molar-refractivity contribution in [2.24, 2.45) is 11.7 Å². The maximum Gasteiger partial charge on any atom is 0.262 e. The monoisotopic (exact) mass is 310 g/mol. The van der Waals surface area contributed by atoms with Gasteiger partial charge in [-0.2, -0.15) is 0 Å². The quantitative estimate of drug-likeness (QED) is 0.838. The van der Waals surface area contributed by atoms with Crippen molar-refractivity contribution in [3.63, 3.8) is 0 Å². The zero-order valence-electron chi connectivity index (χ0n) is 12.1. The van der Waals surface area contributed by atoms with Gasteiger partial charge in [0.05, 0.1) is 15.4 Å². The van der Waals surface area contributed by atoms with Gasteiger partial charge in [0.15, 0.2) is 0 Å². The van der Waals surface area contributed by atoms with Crippen LogP contribution in [0.25, 0.3) is 0 Å². The van der Waals surface area contributed by atoms with Gasteiger partial charge >= 0.3 is 0 Å². The van der Waals surface area contributed by atoms with Gasteiger partial charge in [0, 0.05) is 0 Å². The molecule has 0 saturated heterocycles. The average molecular weight is 310 g/mol. The Labute approximate surface area is 129 Å². The van der Waals surface area contributed by atoms with E-state index in [4.69, 9.17) is 18.0 Å². The molecule has 1 saturated carbocycles. The molecule has 3 nitrogen and oxygen atoms in total. The molecule has 2 rings (SSSR count). The number of nitrogens with two attached hydrogens (primary N) is 1. The van der Waals surface area contributed by atoms with Gasteiger partial charge in [-0.1, -0.05) is 25.6 Å². The molecule has 20 heavy (non-hydrogen) atoms. The summed E-state index contributed by atoms with van der Waals surface area (Å²) in [7, 11) is 0. The number of hydrogen-bond acceptors (Lipinski definition) is 3. The Morgan fingerprint density at radius 3 is 2.65 bits per heavy atom. The molecule has 1 aromatic rings. The Hall–Kier alpha value is -0.940. The normalized spacial score (nSPS) is 26.2. The highest BCUT2D eigenvalue weighted by Gasteiger charge is 2.39. The van der Waals surface area contributed by atoms with E-state index in [9.17, 15) is 4.79 Å². The topological polar surface area (TPSA) is 55.1 Å². The first kappa shape index (κ1) is 15.4. The van der Waals surface area contributed by atoms with E-state index in [1.54, 1.807) is 0 Å². The fraction of sp³-hybridized carbons (Fsp3) is 0.600. The van der Waals surface area contributed by atoms with Crippen molar-refractivity contribution in [3.8, 4) is 0 Å². The van der Waals surface area contributed by atoms with Crippen molar-refractivity contribution in [1.82, 2.24) is 5.32 Å². The third kappa shape index (κ3) is 3.04. The van der Waals surface area contributed by atoms with Crippen LogP contribution in [0.15, 0.2) is 11.4 Å². The van der Waals surface area contributed by atoms with Crippen molar-refractivity contribution in [2.75, 3.05) is 0 Å². The van der Waals surface area contributed by atoms with Crippen LogP contribution in [0.4, 0.5) is 0 Å². The molecule has 1 amide bonds. The minimum atomic E-state index is -0.492. The van der Waals surface area contributed by atoms with E-state index in [0.717, 1.165) is 42.0 Å². The predicted molar refractivity (Wildman–Crippen MR) is 88.3 cm³/mol. The number of nitrogens with one attached hydrogen (secondary N) is 1. The van der Waals surface area contributed by atoms with E-state index in [0.29, 0.717) is 4.99 Å². The number of rotatable bonds is 4. The van der Waals surface area contributed by atoms with Crippen molar-refractivity contribution in [3.05, 3.63) is 21.9 Å². The van der Waals surface area contributed by atoms with Crippen LogP contribution in [0.1, 0.15) is 54.3 Å².